The summed E-state index contributed by atoms with van der Waals surface area (Å²) in [7, 11) is 1.62. The molecule has 0 bridgehead atoms. The topological polar surface area (TPSA) is 59.0 Å². The van der Waals surface area contributed by atoms with Crippen LogP contribution in [0.3, 0.4) is 0 Å². The SMILES string of the molecule is CCCOc1c(Br)cc(CN2CCCCC2C(=O)O)cc1OC. The standard InChI is InChI=1S/C17H24BrNO4/c1-3-8-23-16-13(18)9-12(10-15(16)22-2)11-19-7-5-4-6-14(19)17(20)21/h9-10,14H,3-8,11H2,1-2H3,(H,20,21). The molecule has 1 fully saturated rings. The maximum atomic E-state index is 11.4. The van der Waals surface area contributed by atoms with Gasteiger partial charge in [0.15, 0.2) is 11.5 Å². The summed E-state index contributed by atoms with van der Waals surface area (Å²) in [5.41, 5.74) is 1.02. The van der Waals surface area contributed by atoms with Gasteiger partial charge in [0, 0.05) is 6.54 Å². The molecule has 128 valence electrons. The second-order valence-electron chi connectivity index (χ2n) is 5.78. The van der Waals surface area contributed by atoms with Gasteiger partial charge in [-0.2, -0.15) is 0 Å². The van der Waals surface area contributed by atoms with Gasteiger partial charge in [-0.1, -0.05) is 13.3 Å². The molecule has 1 atom stereocenters. The fourth-order valence-electron chi connectivity index (χ4n) is 2.90. The number of methoxy groups -OCH3 is 1. The lowest BCUT2D eigenvalue weighted by Gasteiger charge is -2.33. The molecule has 1 aliphatic rings. The van der Waals surface area contributed by atoms with Gasteiger partial charge in [0.2, 0.25) is 0 Å². The van der Waals surface area contributed by atoms with Crippen LogP contribution in [0.25, 0.3) is 0 Å². The predicted octanol–water partition coefficient (Wildman–Crippen LogP) is 3.69. The molecule has 1 saturated heterocycles. The summed E-state index contributed by atoms with van der Waals surface area (Å²) in [6.45, 7) is 4.09. The lowest BCUT2D eigenvalue weighted by atomic mass is 10.0. The maximum absolute atomic E-state index is 11.4. The van der Waals surface area contributed by atoms with Gasteiger partial charge in [-0.15, -0.1) is 0 Å². The normalized spacial score (nSPS) is 18.7. The highest BCUT2D eigenvalue weighted by Gasteiger charge is 2.28. The molecule has 0 amide bonds. The van der Waals surface area contributed by atoms with Crippen molar-refractivity contribution < 1.29 is 19.4 Å². The third kappa shape index (κ3) is 4.61. The number of benzene rings is 1. The van der Waals surface area contributed by atoms with Gasteiger partial charge in [0.05, 0.1) is 18.2 Å². The highest BCUT2D eigenvalue weighted by atomic mass is 79.9. The molecular weight excluding hydrogens is 362 g/mol. The van der Waals surface area contributed by atoms with Gasteiger partial charge in [-0.05, 0) is 59.4 Å². The van der Waals surface area contributed by atoms with Crippen molar-refractivity contribution in [3.05, 3.63) is 22.2 Å². The number of carbonyl (C=O) groups is 1. The van der Waals surface area contributed by atoms with Crippen LogP contribution in [-0.2, 0) is 11.3 Å². The first-order valence-corrected chi connectivity index (χ1v) is 8.82. The molecule has 1 aliphatic heterocycles. The molecule has 1 unspecified atom stereocenters. The van der Waals surface area contributed by atoms with Gasteiger partial charge in [0.25, 0.3) is 0 Å². The van der Waals surface area contributed by atoms with Crippen LogP contribution in [0.1, 0.15) is 38.2 Å². The Kier molecular flexibility index (Phi) is 6.72. The molecule has 0 radical (unpaired) electrons. The van der Waals surface area contributed by atoms with Crippen molar-refractivity contribution in [1.82, 2.24) is 4.90 Å². The van der Waals surface area contributed by atoms with E-state index < -0.39 is 12.0 Å². The third-order valence-corrected chi connectivity index (χ3v) is 4.61. The van der Waals surface area contributed by atoms with Crippen molar-refractivity contribution in [2.75, 3.05) is 20.3 Å². The Labute approximate surface area is 145 Å². The van der Waals surface area contributed by atoms with Crippen LogP contribution in [0.2, 0.25) is 0 Å². The molecule has 0 aromatic heterocycles. The van der Waals surface area contributed by atoms with Crippen molar-refractivity contribution in [3.8, 4) is 11.5 Å². The molecule has 5 nitrogen and oxygen atoms in total. The molecule has 1 heterocycles. The van der Waals surface area contributed by atoms with Crippen molar-refractivity contribution in [1.29, 1.82) is 0 Å². The fourth-order valence-corrected chi connectivity index (χ4v) is 3.51. The summed E-state index contributed by atoms with van der Waals surface area (Å²) in [5, 5.41) is 9.39. The number of likely N-dealkylation sites (tertiary alicyclic amines) is 1. The lowest BCUT2D eigenvalue weighted by molar-refractivity contribution is -0.144. The monoisotopic (exact) mass is 385 g/mol. The van der Waals surface area contributed by atoms with E-state index in [9.17, 15) is 9.90 Å². The van der Waals surface area contributed by atoms with Crippen LogP contribution < -0.4 is 9.47 Å². The van der Waals surface area contributed by atoms with E-state index in [2.05, 4.69) is 22.9 Å². The van der Waals surface area contributed by atoms with Crippen molar-refractivity contribution in [2.24, 2.45) is 0 Å². The summed E-state index contributed by atoms with van der Waals surface area (Å²) in [6.07, 6.45) is 3.65. The Morgan fingerprint density at radius 2 is 2.22 bits per heavy atom. The summed E-state index contributed by atoms with van der Waals surface area (Å²) in [4.78, 5) is 13.4. The summed E-state index contributed by atoms with van der Waals surface area (Å²) in [5.74, 6) is 0.636. The smallest absolute Gasteiger partial charge is 0.320 e. The highest BCUT2D eigenvalue weighted by molar-refractivity contribution is 9.10. The van der Waals surface area contributed by atoms with E-state index in [0.29, 0.717) is 31.1 Å². The van der Waals surface area contributed by atoms with E-state index in [4.69, 9.17) is 9.47 Å². The molecule has 6 heteroatoms. The third-order valence-electron chi connectivity index (χ3n) is 4.02. The minimum absolute atomic E-state index is 0.399. The summed E-state index contributed by atoms with van der Waals surface area (Å²) in [6, 6.07) is 3.52. The number of aliphatic carboxylic acids is 1. The van der Waals surface area contributed by atoms with Gasteiger partial charge in [-0.25, -0.2) is 0 Å². The average molecular weight is 386 g/mol. The first-order chi connectivity index (χ1) is 11.1. The Bertz CT molecular complexity index is 550. The van der Waals surface area contributed by atoms with Crippen molar-refractivity contribution in [2.45, 2.75) is 45.2 Å². The largest absolute Gasteiger partial charge is 0.493 e. The van der Waals surface area contributed by atoms with E-state index in [-0.39, 0.29) is 0 Å². The van der Waals surface area contributed by atoms with E-state index in [1.165, 1.54) is 0 Å². The van der Waals surface area contributed by atoms with Gasteiger partial charge in [0.1, 0.15) is 6.04 Å². The predicted molar refractivity (Wildman–Crippen MR) is 92.2 cm³/mol. The molecule has 1 aromatic rings. The first kappa shape index (κ1) is 18.1. The number of nitrogens with zero attached hydrogens (tertiary/aromatic N) is 1. The Morgan fingerprint density at radius 3 is 2.87 bits per heavy atom. The van der Waals surface area contributed by atoms with Crippen LogP contribution in [0, 0.1) is 0 Å². The van der Waals surface area contributed by atoms with Crippen LogP contribution in [-0.4, -0.2) is 42.3 Å². The van der Waals surface area contributed by atoms with Crippen LogP contribution in [0.15, 0.2) is 16.6 Å². The number of ether oxygens (including phenoxy) is 2. The van der Waals surface area contributed by atoms with E-state index >= 15 is 0 Å². The zero-order chi connectivity index (χ0) is 16.8. The summed E-state index contributed by atoms with van der Waals surface area (Å²) < 4.78 is 12.0. The van der Waals surface area contributed by atoms with Crippen molar-refractivity contribution in [3.63, 3.8) is 0 Å². The Balaban J connectivity index is 2.19. The number of carboxylic acid groups (broad SMARTS) is 1. The molecule has 0 spiro atoms. The van der Waals surface area contributed by atoms with Gasteiger partial charge >= 0.3 is 5.97 Å². The van der Waals surface area contributed by atoms with Crippen LogP contribution >= 0.6 is 15.9 Å². The average Bonchev–Trinajstić information content (AvgIpc) is 2.53. The molecular formula is C17H24BrNO4. The lowest BCUT2D eigenvalue weighted by Crippen LogP contribution is -2.44. The first-order valence-electron chi connectivity index (χ1n) is 8.02. The second kappa shape index (κ2) is 8.55. The minimum atomic E-state index is -0.737. The van der Waals surface area contributed by atoms with E-state index in [1.807, 2.05) is 17.0 Å². The van der Waals surface area contributed by atoms with Gasteiger partial charge in [-0.3, -0.25) is 9.69 Å². The Morgan fingerprint density at radius 1 is 1.43 bits per heavy atom. The fraction of sp³-hybridized carbons (Fsp3) is 0.588. The zero-order valence-electron chi connectivity index (χ0n) is 13.7. The number of rotatable bonds is 7. The maximum Gasteiger partial charge on any atom is 0.320 e. The van der Waals surface area contributed by atoms with E-state index in [0.717, 1.165) is 35.8 Å². The molecule has 1 aromatic carbocycles. The molecule has 0 saturated carbocycles. The second-order valence-corrected chi connectivity index (χ2v) is 6.63. The van der Waals surface area contributed by atoms with Crippen molar-refractivity contribution >= 4 is 21.9 Å². The summed E-state index contributed by atoms with van der Waals surface area (Å²) >= 11 is 3.54. The number of halogens is 1. The number of hydrogen-bond donors (Lipinski definition) is 1. The molecule has 23 heavy (non-hydrogen) atoms. The minimum Gasteiger partial charge on any atom is -0.493 e. The van der Waals surface area contributed by atoms with E-state index in [1.54, 1.807) is 7.11 Å². The Hall–Kier alpha value is -1.27. The molecule has 1 N–H and O–H groups in total. The van der Waals surface area contributed by atoms with Crippen LogP contribution in [0.4, 0.5) is 0 Å². The molecule has 2 rings (SSSR count). The van der Waals surface area contributed by atoms with Crippen LogP contribution in [0.5, 0.6) is 11.5 Å². The zero-order valence-corrected chi connectivity index (χ0v) is 15.3. The number of carboxylic acids is 1. The molecule has 0 aliphatic carbocycles. The number of hydrogen-bond acceptors (Lipinski definition) is 4. The highest BCUT2D eigenvalue weighted by Crippen LogP contribution is 2.37. The quantitative estimate of drug-likeness (QED) is 0.775. The number of piperidine rings is 1. The van der Waals surface area contributed by atoms with Gasteiger partial charge < -0.3 is 14.6 Å².